The van der Waals surface area contributed by atoms with E-state index in [2.05, 4.69) is 15.1 Å². The van der Waals surface area contributed by atoms with Crippen molar-refractivity contribution in [2.45, 2.75) is 12.8 Å². The molecule has 0 unspecified atom stereocenters. The number of hydrogen-bond acceptors (Lipinski definition) is 4. The van der Waals surface area contributed by atoms with Crippen LogP contribution >= 0.6 is 0 Å². The van der Waals surface area contributed by atoms with Gasteiger partial charge in [0.15, 0.2) is 0 Å². The van der Waals surface area contributed by atoms with Crippen molar-refractivity contribution in [3.63, 3.8) is 0 Å². The quantitative estimate of drug-likeness (QED) is 0.820. The number of para-hydroxylation sites is 1. The number of carbonyl (C=O) groups excluding carboxylic acids is 1. The Morgan fingerprint density at radius 3 is 2.57 bits per heavy atom. The van der Waals surface area contributed by atoms with Crippen molar-refractivity contribution in [3.8, 4) is 0 Å². The minimum absolute atomic E-state index is 0.0663. The summed E-state index contributed by atoms with van der Waals surface area (Å²) >= 11 is 0. The number of anilines is 1. The number of nitrogens with two attached hydrogens (primary N) is 1. The zero-order chi connectivity index (χ0) is 14.9. The molecule has 5 nitrogen and oxygen atoms in total. The predicted molar refractivity (Wildman–Crippen MR) is 86.2 cm³/mol. The fourth-order valence-electron chi connectivity index (χ4n) is 2.65. The fourth-order valence-corrected chi connectivity index (χ4v) is 2.65. The van der Waals surface area contributed by atoms with Crippen LogP contribution in [0.3, 0.4) is 0 Å². The molecule has 0 spiro atoms. The number of nitrogens with zero attached hydrogens (tertiary/aromatic N) is 2. The molecule has 1 amide bonds. The fraction of sp³-hybridized carbons (Fsp3) is 0.562. The summed E-state index contributed by atoms with van der Waals surface area (Å²) in [7, 11) is 0. The normalized spacial score (nSPS) is 17.4. The van der Waals surface area contributed by atoms with Gasteiger partial charge in [-0.25, -0.2) is 0 Å². The highest BCUT2D eigenvalue weighted by molar-refractivity contribution is 5.92. The maximum Gasteiger partial charge on any atom is 0.238 e. The lowest BCUT2D eigenvalue weighted by atomic mass is 10.3. The average Bonchev–Trinajstić information content (AvgIpc) is 2.71. The third-order valence-corrected chi connectivity index (χ3v) is 3.78. The molecule has 1 aromatic rings. The topological polar surface area (TPSA) is 61.6 Å². The van der Waals surface area contributed by atoms with Gasteiger partial charge in [0.05, 0.1) is 6.54 Å². The van der Waals surface area contributed by atoms with Crippen molar-refractivity contribution < 1.29 is 4.79 Å². The molecule has 21 heavy (non-hydrogen) atoms. The number of amides is 1. The van der Waals surface area contributed by atoms with E-state index in [9.17, 15) is 4.79 Å². The van der Waals surface area contributed by atoms with Gasteiger partial charge in [-0.2, -0.15) is 0 Å². The van der Waals surface area contributed by atoms with Crippen LogP contribution in [0.1, 0.15) is 12.8 Å². The van der Waals surface area contributed by atoms with Crippen molar-refractivity contribution in [2.24, 2.45) is 5.73 Å². The summed E-state index contributed by atoms with van der Waals surface area (Å²) in [5.74, 6) is 0.0663. The third-order valence-electron chi connectivity index (χ3n) is 3.78. The first-order chi connectivity index (χ1) is 10.3. The van der Waals surface area contributed by atoms with Gasteiger partial charge >= 0.3 is 0 Å². The molecular formula is C16H26N4O. The highest BCUT2D eigenvalue weighted by Crippen LogP contribution is 2.07. The van der Waals surface area contributed by atoms with Gasteiger partial charge in [-0.3, -0.25) is 9.69 Å². The van der Waals surface area contributed by atoms with Gasteiger partial charge in [-0.1, -0.05) is 18.2 Å². The maximum atomic E-state index is 12.1. The van der Waals surface area contributed by atoms with Crippen molar-refractivity contribution in [2.75, 3.05) is 51.1 Å². The van der Waals surface area contributed by atoms with Gasteiger partial charge < -0.3 is 16.0 Å². The van der Waals surface area contributed by atoms with Crippen molar-refractivity contribution in [1.82, 2.24) is 9.80 Å². The Labute approximate surface area is 127 Å². The van der Waals surface area contributed by atoms with E-state index in [0.717, 1.165) is 57.8 Å². The van der Waals surface area contributed by atoms with Crippen LogP contribution in [0.15, 0.2) is 30.3 Å². The van der Waals surface area contributed by atoms with E-state index in [1.807, 2.05) is 30.3 Å². The summed E-state index contributed by atoms with van der Waals surface area (Å²) in [6.45, 7) is 6.36. The van der Waals surface area contributed by atoms with E-state index in [1.54, 1.807) is 0 Å². The van der Waals surface area contributed by atoms with Crippen molar-refractivity contribution in [1.29, 1.82) is 0 Å². The Morgan fingerprint density at radius 1 is 1.10 bits per heavy atom. The highest BCUT2D eigenvalue weighted by atomic mass is 16.2. The largest absolute Gasteiger partial charge is 0.330 e. The standard InChI is InChI=1S/C16H26N4O/c17-8-4-9-19-10-5-11-20(13-12-19)14-16(21)18-15-6-2-1-3-7-15/h1-3,6-7H,4-5,8-14,17H2,(H,18,21). The zero-order valence-corrected chi connectivity index (χ0v) is 12.6. The van der Waals surface area contributed by atoms with Gasteiger partial charge in [0.1, 0.15) is 0 Å². The summed E-state index contributed by atoms with van der Waals surface area (Å²) in [5.41, 5.74) is 6.42. The zero-order valence-electron chi connectivity index (χ0n) is 12.6. The minimum Gasteiger partial charge on any atom is -0.330 e. The van der Waals surface area contributed by atoms with Gasteiger partial charge in [-0.15, -0.1) is 0 Å². The first-order valence-electron chi connectivity index (χ1n) is 7.77. The Hall–Kier alpha value is -1.43. The van der Waals surface area contributed by atoms with Crippen LogP contribution in [0.5, 0.6) is 0 Å². The summed E-state index contributed by atoms with van der Waals surface area (Å²) in [6.07, 6.45) is 2.16. The SMILES string of the molecule is NCCCN1CCCN(CC(=O)Nc2ccccc2)CC1. The summed E-state index contributed by atoms with van der Waals surface area (Å²) in [4.78, 5) is 16.7. The molecule has 116 valence electrons. The molecule has 2 rings (SSSR count). The summed E-state index contributed by atoms with van der Waals surface area (Å²) in [6, 6.07) is 9.62. The molecule has 1 heterocycles. The van der Waals surface area contributed by atoms with Gasteiger partial charge in [0, 0.05) is 18.8 Å². The first kappa shape index (κ1) is 15.9. The smallest absolute Gasteiger partial charge is 0.238 e. The van der Waals surface area contributed by atoms with Gasteiger partial charge in [-0.05, 0) is 51.2 Å². The highest BCUT2D eigenvalue weighted by Gasteiger charge is 2.16. The monoisotopic (exact) mass is 290 g/mol. The molecule has 1 aromatic carbocycles. The van der Waals surface area contributed by atoms with Crippen LogP contribution in [0.25, 0.3) is 0 Å². The molecular weight excluding hydrogens is 264 g/mol. The molecule has 1 aliphatic heterocycles. The van der Waals surface area contributed by atoms with Crippen LogP contribution < -0.4 is 11.1 Å². The molecule has 0 bridgehead atoms. The van der Waals surface area contributed by atoms with E-state index in [1.165, 1.54) is 0 Å². The van der Waals surface area contributed by atoms with Gasteiger partial charge in [0.25, 0.3) is 0 Å². The van der Waals surface area contributed by atoms with E-state index in [0.29, 0.717) is 6.54 Å². The van der Waals surface area contributed by atoms with Crippen molar-refractivity contribution >= 4 is 11.6 Å². The second-order valence-electron chi connectivity index (χ2n) is 5.53. The molecule has 0 aliphatic carbocycles. The number of benzene rings is 1. The molecule has 3 N–H and O–H groups in total. The van der Waals surface area contributed by atoms with Crippen LogP contribution in [-0.4, -0.2) is 61.5 Å². The Morgan fingerprint density at radius 2 is 1.81 bits per heavy atom. The van der Waals surface area contributed by atoms with Crippen LogP contribution in [0.2, 0.25) is 0 Å². The summed E-state index contributed by atoms with van der Waals surface area (Å²) < 4.78 is 0. The van der Waals surface area contributed by atoms with Crippen LogP contribution in [0.4, 0.5) is 5.69 Å². The van der Waals surface area contributed by atoms with Crippen LogP contribution in [0, 0.1) is 0 Å². The number of hydrogen-bond donors (Lipinski definition) is 2. The molecule has 5 heteroatoms. The maximum absolute atomic E-state index is 12.1. The lowest BCUT2D eigenvalue weighted by Gasteiger charge is -2.21. The van der Waals surface area contributed by atoms with Gasteiger partial charge in [0.2, 0.25) is 5.91 Å². The van der Waals surface area contributed by atoms with E-state index < -0.39 is 0 Å². The summed E-state index contributed by atoms with van der Waals surface area (Å²) in [5, 5.41) is 2.94. The molecule has 0 aromatic heterocycles. The lowest BCUT2D eigenvalue weighted by Crippen LogP contribution is -2.36. The average molecular weight is 290 g/mol. The van der Waals surface area contributed by atoms with Crippen LogP contribution in [-0.2, 0) is 4.79 Å². The first-order valence-corrected chi connectivity index (χ1v) is 7.77. The second-order valence-corrected chi connectivity index (χ2v) is 5.53. The molecule has 0 radical (unpaired) electrons. The molecule has 0 saturated carbocycles. The number of carbonyl (C=O) groups is 1. The van der Waals surface area contributed by atoms with E-state index >= 15 is 0 Å². The molecule has 0 atom stereocenters. The Balaban J connectivity index is 1.74. The molecule has 1 aliphatic rings. The van der Waals surface area contributed by atoms with E-state index in [4.69, 9.17) is 5.73 Å². The minimum atomic E-state index is 0.0663. The second kappa shape index (κ2) is 8.77. The molecule has 1 fully saturated rings. The number of rotatable bonds is 6. The number of nitrogens with one attached hydrogen (secondary N) is 1. The van der Waals surface area contributed by atoms with E-state index in [-0.39, 0.29) is 5.91 Å². The lowest BCUT2D eigenvalue weighted by molar-refractivity contribution is -0.117. The Kier molecular flexibility index (Phi) is 6.66. The third kappa shape index (κ3) is 5.83. The Bertz CT molecular complexity index is 424. The predicted octanol–water partition coefficient (Wildman–Crippen LogP) is 0.982. The molecule has 1 saturated heterocycles. The van der Waals surface area contributed by atoms with Crippen molar-refractivity contribution in [3.05, 3.63) is 30.3 Å².